The zero-order valence-electron chi connectivity index (χ0n) is 11.5. The van der Waals surface area contributed by atoms with Gasteiger partial charge in [-0.15, -0.1) is 11.3 Å². The minimum atomic E-state index is -0.740. The van der Waals surface area contributed by atoms with E-state index < -0.39 is 11.6 Å². The molecule has 0 aliphatic heterocycles. The number of thiazole rings is 1. The van der Waals surface area contributed by atoms with Gasteiger partial charge in [0.1, 0.15) is 5.01 Å². The molecule has 0 atom stereocenters. The molecule has 0 unspecified atom stereocenters. The van der Waals surface area contributed by atoms with Crippen molar-refractivity contribution < 1.29 is 14.2 Å². The Kier molecular flexibility index (Phi) is 4.00. The van der Waals surface area contributed by atoms with Crippen LogP contribution in [0.1, 0.15) is 0 Å². The van der Waals surface area contributed by atoms with Crippen LogP contribution in [-0.2, 0) is 0 Å². The molecule has 3 nitrogen and oxygen atoms in total. The van der Waals surface area contributed by atoms with Gasteiger partial charge in [-0.05, 0) is 24.3 Å². The zero-order chi connectivity index (χ0) is 15.7. The Morgan fingerprint density at radius 3 is 2.59 bits per heavy atom. The molecular formula is C16H11ClFNO2S. The Hall–Kier alpha value is -2.11. The fourth-order valence-electron chi connectivity index (χ4n) is 2.01. The smallest absolute Gasteiger partial charge is 0.194 e. The number of methoxy groups -OCH3 is 1. The minimum absolute atomic E-state index is 0.0797. The lowest BCUT2D eigenvalue weighted by Crippen LogP contribution is -1.89. The Balaban J connectivity index is 2.00. The summed E-state index contributed by atoms with van der Waals surface area (Å²) in [6.45, 7) is 0. The number of nitrogens with zero attached hydrogens (tertiary/aromatic N) is 1. The number of ether oxygens (including phenoxy) is 1. The van der Waals surface area contributed by atoms with Crippen molar-refractivity contribution in [1.82, 2.24) is 4.98 Å². The van der Waals surface area contributed by atoms with E-state index in [-0.39, 0.29) is 5.75 Å². The summed E-state index contributed by atoms with van der Waals surface area (Å²) in [5, 5.41) is 12.8. The molecule has 0 aliphatic carbocycles. The third kappa shape index (κ3) is 2.77. The lowest BCUT2D eigenvalue weighted by Gasteiger charge is -2.06. The third-order valence-electron chi connectivity index (χ3n) is 3.14. The normalized spacial score (nSPS) is 10.7. The van der Waals surface area contributed by atoms with Crippen LogP contribution in [0, 0.1) is 5.82 Å². The number of phenolic OH excluding ortho intramolecular Hbond substituents is 1. The summed E-state index contributed by atoms with van der Waals surface area (Å²) < 4.78 is 18.7. The number of rotatable bonds is 3. The number of halogens is 2. The lowest BCUT2D eigenvalue weighted by atomic mass is 10.1. The fourth-order valence-corrected chi connectivity index (χ4v) is 2.97. The minimum Gasteiger partial charge on any atom is -0.502 e. The van der Waals surface area contributed by atoms with Crippen molar-refractivity contribution in [2.75, 3.05) is 7.11 Å². The highest BCUT2D eigenvalue weighted by molar-refractivity contribution is 7.13. The first-order chi connectivity index (χ1) is 10.6. The predicted molar refractivity (Wildman–Crippen MR) is 86.2 cm³/mol. The summed E-state index contributed by atoms with van der Waals surface area (Å²) in [7, 11) is 1.37. The monoisotopic (exact) mass is 335 g/mol. The molecule has 1 aromatic heterocycles. The standard InChI is InChI=1S/C16H11ClFNO2S/c1-21-14-7-10(6-12(18)15(14)20)13-8-22-16(19-13)9-2-4-11(17)5-3-9/h2-8,20H,1H3. The van der Waals surface area contributed by atoms with Gasteiger partial charge in [0, 0.05) is 21.5 Å². The first-order valence-corrected chi connectivity index (χ1v) is 7.62. The van der Waals surface area contributed by atoms with Crippen molar-refractivity contribution in [2.24, 2.45) is 0 Å². The zero-order valence-corrected chi connectivity index (χ0v) is 13.1. The molecule has 0 aliphatic rings. The van der Waals surface area contributed by atoms with Gasteiger partial charge < -0.3 is 9.84 Å². The van der Waals surface area contributed by atoms with Crippen LogP contribution in [0.2, 0.25) is 5.02 Å². The maximum absolute atomic E-state index is 13.7. The number of hydrogen-bond acceptors (Lipinski definition) is 4. The maximum Gasteiger partial charge on any atom is 0.194 e. The van der Waals surface area contributed by atoms with Gasteiger partial charge in [-0.25, -0.2) is 9.37 Å². The molecule has 3 aromatic rings. The molecule has 6 heteroatoms. The van der Waals surface area contributed by atoms with Gasteiger partial charge in [0.05, 0.1) is 12.8 Å². The number of hydrogen-bond donors (Lipinski definition) is 1. The van der Waals surface area contributed by atoms with Crippen LogP contribution < -0.4 is 4.74 Å². The van der Waals surface area contributed by atoms with Crippen molar-refractivity contribution in [2.45, 2.75) is 0 Å². The second-order valence-corrected chi connectivity index (χ2v) is 5.85. The van der Waals surface area contributed by atoms with E-state index in [1.165, 1.54) is 24.5 Å². The van der Waals surface area contributed by atoms with Crippen LogP contribution in [0.5, 0.6) is 11.5 Å². The van der Waals surface area contributed by atoms with Crippen LogP contribution >= 0.6 is 22.9 Å². The van der Waals surface area contributed by atoms with Gasteiger partial charge in [-0.3, -0.25) is 0 Å². The average Bonchev–Trinajstić information content (AvgIpc) is 3.00. The largest absolute Gasteiger partial charge is 0.502 e. The van der Waals surface area contributed by atoms with Crippen LogP contribution in [0.3, 0.4) is 0 Å². The molecule has 1 N–H and O–H groups in total. The second kappa shape index (κ2) is 5.94. The number of benzene rings is 2. The van der Waals surface area contributed by atoms with E-state index >= 15 is 0 Å². The summed E-state index contributed by atoms with van der Waals surface area (Å²) in [5.41, 5.74) is 2.10. The SMILES string of the molecule is COc1cc(-c2csc(-c3ccc(Cl)cc3)n2)cc(F)c1O. The third-order valence-corrected chi connectivity index (χ3v) is 4.28. The topological polar surface area (TPSA) is 42.4 Å². The van der Waals surface area contributed by atoms with E-state index in [9.17, 15) is 9.50 Å². The molecular weight excluding hydrogens is 325 g/mol. The van der Waals surface area contributed by atoms with Crippen molar-refractivity contribution in [3.05, 3.63) is 52.6 Å². The van der Waals surface area contributed by atoms with Gasteiger partial charge in [0.2, 0.25) is 0 Å². The first-order valence-electron chi connectivity index (χ1n) is 6.37. The van der Waals surface area contributed by atoms with E-state index in [1.54, 1.807) is 18.2 Å². The predicted octanol–water partition coefficient (Wildman–Crippen LogP) is 4.98. The second-order valence-electron chi connectivity index (χ2n) is 4.55. The molecule has 0 fully saturated rings. The maximum atomic E-state index is 13.7. The first kappa shape index (κ1) is 14.8. The quantitative estimate of drug-likeness (QED) is 0.733. The Labute approximate surface area is 135 Å². The molecule has 0 radical (unpaired) electrons. The summed E-state index contributed by atoms with van der Waals surface area (Å²) in [6, 6.07) is 10.1. The molecule has 0 bridgehead atoms. The summed E-state index contributed by atoms with van der Waals surface area (Å²) in [5.74, 6) is -1.16. The van der Waals surface area contributed by atoms with E-state index in [1.807, 2.05) is 17.5 Å². The van der Waals surface area contributed by atoms with Crippen LogP contribution in [-0.4, -0.2) is 17.2 Å². The molecule has 2 aromatic carbocycles. The average molecular weight is 336 g/mol. The van der Waals surface area contributed by atoms with E-state index in [0.29, 0.717) is 16.3 Å². The van der Waals surface area contributed by atoms with Gasteiger partial charge >= 0.3 is 0 Å². The molecule has 0 saturated heterocycles. The molecule has 3 rings (SSSR count). The Morgan fingerprint density at radius 2 is 1.91 bits per heavy atom. The van der Waals surface area contributed by atoms with E-state index in [0.717, 1.165) is 10.6 Å². The number of aromatic hydroxyl groups is 1. The van der Waals surface area contributed by atoms with Crippen LogP contribution in [0.4, 0.5) is 4.39 Å². The van der Waals surface area contributed by atoms with Crippen LogP contribution in [0.25, 0.3) is 21.8 Å². The molecule has 1 heterocycles. The van der Waals surface area contributed by atoms with Crippen molar-refractivity contribution >= 4 is 22.9 Å². The molecule has 0 saturated carbocycles. The van der Waals surface area contributed by atoms with Gasteiger partial charge in [-0.2, -0.15) is 0 Å². The molecule has 0 spiro atoms. The Morgan fingerprint density at radius 1 is 1.18 bits per heavy atom. The van der Waals surface area contributed by atoms with Crippen molar-refractivity contribution in [3.8, 4) is 33.3 Å². The molecule has 112 valence electrons. The fraction of sp³-hybridized carbons (Fsp3) is 0.0625. The highest BCUT2D eigenvalue weighted by atomic mass is 35.5. The van der Waals surface area contributed by atoms with Gasteiger partial charge in [0.25, 0.3) is 0 Å². The highest BCUT2D eigenvalue weighted by Gasteiger charge is 2.14. The van der Waals surface area contributed by atoms with Crippen molar-refractivity contribution in [3.63, 3.8) is 0 Å². The van der Waals surface area contributed by atoms with E-state index in [4.69, 9.17) is 16.3 Å². The number of aromatic nitrogens is 1. The van der Waals surface area contributed by atoms with Crippen LogP contribution in [0.15, 0.2) is 41.8 Å². The lowest BCUT2D eigenvalue weighted by molar-refractivity contribution is 0.357. The van der Waals surface area contributed by atoms with E-state index in [2.05, 4.69) is 4.98 Å². The highest BCUT2D eigenvalue weighted by Crippen LogP contribution is 2.36. The van der Waals surface area contributed by atoms with Crippen molar-refractivity contribution in [1.29, 1.82) is 0 Å². The van der Waals surface area contributed by atoms with Gasteiger partial charge in [-0.1, -0.05) is 23.7 Å². The molecule has 22 heavy (non-hydrogen) atoms. The van der Waals surface area contributed by atoms with Gasteiger partial charge in [0.15, 0.2) is 17.3 Å². The molecule has 0 amide bonds. The Bertz CT molecular complexity index is 818. The summed E-state index contributed by atoms with van der Waals surface area (Å²) in [4.78, 5) is 4.50. The number of phenols is 1. The summed E-state index contributed by atoms with van der Waals surface area (Å²) >= 11 is 7.32. The summed E-state index contributed by atoms with van der Waals surface area (Å²) in [6.07, 6.45) is 0.